The molecular formula is C17H16O. The van der Waals surface area contributed by atoms with Crippen molar-refractivity contribution in [1.29, 1.82) is 0 Å². The predicted molar refractivity (Wildman–Crippen MR) is 77.4 cm³/mol. The first kappa shape index (κ1) is 11.1. The molecule has 3 aromatic carbocycles. The van der Waals surface area contributed by atoms with Gasteiger partial charge in [0.15, 0.2) is 0 Å². The molecule has 0 saturated carbocycles. The molecule has 0 amide bonds. The molecule has 90 valence electrons. The van der Waals surface area contributed by atoms with E-state index in [4.69, 9.17) is 4.74 Å². The van der Waals surface area contributed by atoms with Crippen LogP contribution >= 0.6 is 0 Å². The molecule has 0 unspecified atom stereocenters. The molecular weight excluding hydrogens is 220 g/mol. The highest BCUT2D eigenvalue weighted by molar-refractivity contribution is 6.02. The quantitative estimate of drug-likeness (QED) is 0.586. The predicted octanol–water partition coefficient (Wildman–Crippen LogP) is 4.70. The third-order valence-corrected chi connectivity index (χ3v) is 3.42. The van der Waals surface area contributed by atoms with Crippen LogP contribution in [0.1, 0.15) is 12.5 Å². The van der Waals surface area contributed by atoms with E-state index in [2.05, 4.69) is 49.4 Å². The van der Waals surface area contributed by atoms with Gasteiger partial charge in [0.1, 0.15) is 5.75 Å². The lowest BCUT2D eigenvalue weighted by molar-refractivity contribution is 0.340. The van der Waals surface area contributed by atoms with Gasteiger partial charge in [-0.25, -0.2) is 0 Å². The Bertz CT molecular complexity index is 713. The van der Waals surface area contributed by atoms with Gasteiger partial charge in [-0.15, -0.1) is 0 Å². The van der Waals surface area contributed by atoms with E-state index in [9.17, 15) is 0 Å². The Kier molecular flexibility index (Phi) is 2.67. The lowest BCUT2D eigenvalue weighted by Gasteiger charge is -2.10. The Balaban J connectivity index is 2.34. The van der Waals surface area contributed by atoms with Crippen molar-refractivity contribution in [2.75, 3.05) is 6.61 Å². The van der Waals surface area contributed by atoms with Crippen LogP contribution in [0.3, 0.4) is 0 Å². The number of benzene rings is 3. The Labute approximate surface area is 107 Å². The van der Waals surface area contributed by atoms with Gasteiger partial charge >= 0.3 is 0 Å². The average Bonchev–Trinajstić information content (AvgIpc) is 2.40. The third kappa shape index (κ3) is 1.72. The van der Waals surface area contributed by atoms with Gasteiger partial charge in [-0.3, -0.25) is 0 Å². The molecule has 1 nitrogen and oxygen atoms in total. The van der Waals surface area contributed by atoms with Crippen LogP contribution in [-0.2, 0) is 0 Å². The Hall–Kier alpha value is -2.02. The molecule has 0 heterocycles. The largest absolute Gasteiger partial charge is 0.494 e. The second-order valence-electron chi connectivity index (χ2n) is 4.54. The number of ether oxygens (including phenoxy) is 1. The Morgan fingerprint density at radius 1 is 0.889 bits per heavy atom. The third-order valence-electron chi connectivity index (χ3n) is 3.42. The summed E-state index contributed by atoms with van der Waals surface area (Å²) in [7, 11) is 0. The Morgan fingerprint density at radius 3 is 2.50 bits per heavy atom. The van der Waals surface area contributed by atoms with E-state index in [-0.39, 0.29) is 0 Å². The monoisotopic (exact) mass is 236 g/mol. The summed E-state index contributed by atoms with van der Waals surface area (Å²) in [6.07, 6.45) is 0. The first-order valence-electron chi connectivity index (χ1n) is 6.34. The smallest absolute Gasteiger partial charge is 0.119 e. The van der Waals surface area contributed by atoms with E-state index >= 15 is 0 Å². The average molecular weight is 236 g/mol. The van der Waals surface area contributed by atoms with Crippen LogP contribution in [0.25, 0.3) is 21.5 Å². The second kappa shape index (κ2) is 4.34. The summed E-state index contributed by atoms with van der Waals surface area (Å²) >= 11 is 0. The normalized spacial score (nSPS) is 11.0. The highest BCUT2D eigenvalue weighted by Gasteiger charge is 2.04. The molecule has 0 N–H and O–H groups in total. The number of rotatable bonds is 2. The zero-order valence-corrected chi connectivity index (χ0v) is 10.7. The molecule has 18 heavy (non-hydrogen) atoms. The maximum Gasteiger partial charge on any atom is 0.119 e. The fraction of sp³-hybridized carbons (Fsp3) is 0.176. The van der Waals surface area contributed by atoms with Gasteiger partial charge in [0.2, 0.25) is 0 Å². The van der Waals surface area contributed by atoms with E-state index < -0.39 is 0 Å². The number of aryl methyl sites for hydroxylation is 1. The van der Waals surface area contributed by atoms with Crippen molar-refractivity contribution in [2.45, 2.75) is 13.8 Å². The maximum absolute atomic E-state index is 5.58. The van der Waals surface area contributed by atoms with E-state index in [0.29, 0.717) is 6.61 Å². The molecule has 3 aromatic rings. The van der Waals surface area contributed by atoms with Gasteiger partial charge in [-0.2, -0.15) is 0 Å². The summed E-state index contributed by atoms with van der Waals surface area (Å²) in [5.41, 5.74) is 1.32. The maximum atomic E-state index is 5.58. The van der Waals surface area contributed by atoms with E-state index in [1.54, 1.807) is 0 Å². The molecule has 0 aliphatic heterocycles. The molecule has 0 spiro atoms. The highest BCUT2D eigenvalue weighted by Crippen LogP contribution is 2.30. The fourth-order valence-corrected chi connectivity index (χ4v) is 2.52. The van der Waals surface area contributed by atoms with Crippen LogP contribution in [0.2, 0.25) is 0 Å². The minimum atomic E-state index is 0.706. The second-order valence-corrected chi connectivity index (χ2v) is 4.54. The molecule has 0 aliphatic carbocycles. The minimum absolute atomic E-state index is 0.706. The molecule has 1 heteroatoms. The van der Waals surface area contributed by atoms with E-state index in [1.807, 2.05) is 13.0 Å². The number of fused-ring (bicyclic) bond motifs is 2. The molecule has 0 atom stereocenters. The molecule has 3 rings (SSSR count). The van der Waals surface area contributed by atoms with Crippen LogP contribution in [0.5, 0.6) is 5.75 Å². The Morgan fingerprint density at radius 2 is 1.67 bits per heavy atom. The lowest BCUT2D eigenvalue weighted by atomic mass is 9.98. The van der Waals surface area contributed by atoms with Crippen molar-refractivity contribution >= 4 is 21.5 Å². The first-order chi connectivity index (χ1) is 8.79. The summed E-state index contributed by atoms with van der Waals surface area (Å²) in [4.78, 5) is 0. The van der Waals surface area contributed by atoms with Crippen molar-refractivity contribution in [1.82, 2.24) is 0 Å². The lowest BCUT2D eigenvalue weighted by Crippen LogP contribution is -1.91. The van der Waals surface area contributed by atoms with Gasteiger partial charge in [-0.1, -0.05) is 30.3 Å². The van der Waals surface area contributed by atoms with Crippen LogP contribution in [0.15, 0.2) is 48.5 Å². The minimum Gasteiger partial charge on any atom is -0.494 e. The van der Waals surface area contributed by atoms with Gasteiger partial charge in [0, 0.05) is 0 Å². The molecule has 0 saturated heterocycles. The van der Waals surface area contributed by atoms with Crippen molar-refractivity contribution in [3.05, 3.63) is 54.1 Å². The summed E-state index contributed by atoms with van der Waals surface area (Å²) < 4.78 is 5.58. The molecule has 0 bridgehead atoms. The molecule has 0 radical (unpaired) electrons. The highest BCUT2D eigenvalue weighted by atomic mass is 16.5. The SMILES string of the molecule is CCOc1ccc2cc3ccccc3c(C)c2c1. The molecule has 0 aliphatic rings. The fourth-order valence-electron chi connectivity index (χ4n) is 2.52. The molecule has 0 aromatic heterocycles. The summed E-state index contributed by atoms with van der Waals surface area (Å²) in [6, 6.07) is 17.1. The standard InChI is InChI=1S/C17H16O/c1-3-18-15-9-8-14-10-13-6-4-5-7-16(13)12(2)17(14)11-15/h4-11H,3H2,1-2H3. The molecule has 0 fully saturated rings. The van der Waals surface area contributed by atoms with Gasteiger partial charge in [0.25, 0.3) is 0 Å². The van der Waals surface area contributed by atoms with Crippen molar-refractivity contribution in [2.24, 2.45) is 0 Å². The van der Waals surface area contributed by atoms with Crippen LogP contribution in [0, 0.1) is 6.92 Å². The topological polar surface area (TPSA) is 9.23 Å². The van der Waals surface area contributed by atoms with Gasteiger partial charge in [-0.05, 0) is 59.2 Å². The van der Waals surface area contributed by atoms with Crippen molar-refractivity contribution < 1.29 is 4.74 Å². The zero-order chi connectivity index (χ0) is 12.5. The van der Waals surface area contributed by atoms with Crippen LogP contribution in [-0.4, -0.2) is 6.61 Å². The van der Waals surface area contributed by atoms with Crippen molar-refractivity contribution in [3.63, 3.8) is 0 Å². The van der Waals surface area contributed by atoms with E-state index in [1.165, 1.54) is 27.1 Å². The van der Waals surface area contributed by atoms with Crippen LogP contribution in [0.4, 0.5) is 0 Å². The van der Waals surface area contributed by atoms with E-state index in [0.717, 1.165) is 5.75 Å². The number of hydrogen-bond donors (Lipinski definition) is 0. The van der Waals surface area contributed by atoms with Gasteiger partial charge in [0.05, 0.1) is 6.61 Å². The summed E-state index contributed by atoms with van der Waals surface area (Å²) in [6.45, 7) is 4.90. The summed E-state index contributed by atoms with van der Waals surface area (Å²) in [5, 5.41) is 5.17. The summed E-state index contributed by atoms with van der Waals surface area (Å²) in [5.74, 6) is 0.948. The number of hydrogen-bond acceptors (Lipinski definition) is 1. The van der Waals surface area contributed by atoms with Crippen LogP contribution < -0.4 is 4.74 Å². The van der Waals surface area contributed by atoms with Gasteiger partial charge < -0.3 is 4.74 Å². The zero-order valence-electron chi connectivity index (χ0n) is 10.7. The first-order valence-corrected chi connectivity index (χ1v) is 6.34. The van der Waals surface area contributed by atoms with Crippen molar-refractivity contribution in [3.8, 4) is 5.75 Å².